The topological polar surface area (TPSA) is 105 Å². The molecule has 1 atom stereocenters. The fourth-order valence-corrected chi connectivity index (χ4v) is 2.27. The van der Waals surface area contributed by atoms with Crippen molar-refractivity contribution in [1.29, 1.82) is 0 Å². The number of hydrogen-bond acceptors (Lipinski definition) is 4. The summed E-state index contributed by atoms with van der Waals surface area (Å²) in [6.45, 7) is 5.47. The van der Waals surface area contributed by atoms with E-state index in [1.807, 2.05) is 4.57 Å². The van der Waals surface area contributed by atoms with E-state index in [0.717, 1.165) is 12.2 Å². The van der Waals surface area contributed by atoms with Gasteiger partial charge in [-0.3, -0.25) is 14.9 Å². The second kappa shape index (κ2) is 7.06. The first-order chi connectivity index (χ1) is 10.5. The summed E-state index contributed by atoms with van der Waals surface area (Å²) in [5, 5.41) is 7.41. The van der Waals surface area contributed by atoms with E-state index in [4.69, 9.17) is 0 Å². The van der Waals surface area contributed by atoms with Crippen LogP contribution in [-0.2, 0) is 22.7 Å². The maximum absolute atomic E-state index is 11.8. The van der Waals surface area contributed by atoms with E-state index in [2.05, 4.69) is 34.8 Å². The van der Waals surface area contributed by atoms with Crippen LogP contribution < -0.4 is 16.0 Å². The van der Waals surface area contributed by atoms with E-state index < -0.39 is 12.1 Å². The maximum Gasteiger partial charge on any atom is 0.322 e. The number of rotatable bonds is 7. The van der Waals surface area contributed by atoms with Crippen molar-refractivity contribution in [3.63, 3.8) is 0 Å². The molecule has 1 aliphatic heterocycles. The number of aromatic nitrogens is 2. The molecule has 1 aromatic rings. The summed E-state index contributed by atoms with van der Waals surface area (Å²) in [6.07, 6.45) is 3.94. The van der Waals surface area contributed by atoms with Crippen molar-refractivity contribution in [3.05, 3.63) is 18.2 Å². The molecule has 8 nitrogen and oxygen atoms in total. The lowest BCUT2D eigenvalue weighted by atomic mass is 10.1. The van der Waals surface area contributed by atoms with E-state index in [1.54, 1.807) is 12.5 Å². The van der Waals surface area contributed by atoms with Crippen molar-refractivity contribution in [1.82, 2.24) is 25.5 Å². The maximum atomic E-state index is 11.8. The van der Waals surface area contributed by atoms with Gasteiger partial charge >= 0.3 is 6.03 Å². The Morgan fingerprint density at radius 3 is 2.86 bits per heavy atom. The van der Waals surface area contributed by atoms with Crippen molar-refractivity contribution < 1.29 is 14.4 Å². The number of carbonyl (C=O) groups is 3. The Bertz CT molecular complexity index is 567. The average Bonchev–Trinajstić information content (AvgIpc) is 3.00. The fraction of sp³-hybridized carbons (Fsp3) is 0.571. The first kappa shape index (κ1) is 16.0. The summed E-state index contributed by atoms with van der Waals surface area (Å²) in [7, 11) is 0. The van der Waals surface area contributed by atoms with E-state index in [9.17, 15) is 14.4 Å². The Balaban J connectivity index is 1.75. The molecule has 8 heteroatoms. The summed E-state index contributed by atoms with van der Waals surface area (Å²) in [6, 6.07) is -1.13. The predicted molar refractivity (Wildman–Crippen MR) is 78.6 cm³/mol. The largest absolute Gasteiger partial charge is 0.350 e. The van der Waals surface area contributed by atoms with Gasteiger partial charge < -0.3 is 15.2 Å². The third-order valence-corrected chi connectivity index (χ3v) is 3.35. The Morgan fingerprint density at radius 2 is 2.23 bits per heavy atom. The monoisotopic (exact) mass is 307 g/mol. The number of amides is 4. The highest BCUT2D eigenvalue weighted by Crippen LogP contribution is 2.06. The van der Waals surface area contributed by atoms with Crippen LogP contribution >= 0.6 is 0 Å². The average molecular weight is 307 g/mol. The number of imide groups is 1. The van der Waals surface area contributed by atoms with Crippen LogP contribution in [0.5, 0.6) is 0 Å². The quantitative estimate of drug-likeness (QED) is 0.623. The van der Waals surface area contributed by atoms with Crippen molar-refractivity contribution in [3.8, 4) is 0 Å². The van der Waals surface area contributed by atoms with Gasteiger partial charge in [0.25, 0.3) is 5.91 Å². The lowest BCUT2D eigenvalue weighted by Crippen LogP contribution is -2.32. The zero-order valence-electron chi connectivity index (χ0n) is 12.8. The second-order valence-corrected chi connectivity index (χ2v) is 5.76. The van der Waals surface area contributed by atoms with Gasteiger partial charge in [0.05, 0.1) is 18.6 Å². The number of nitrogens with one attached hydrogen (secondary N) is 3. The van der Waals surface area contributed by atoms with Gasteiger partial charge in [-0.2, -0.15) is 0 Å². The van der Waals surface area contributed by atoms with Gasteiger partial charge in [0.2, 0.25) is 5.91 Å². The molecule has 0 radical (unpaired) electrons. The minimum atomic E-state index is -0.621. The Hall–Kier alpha value is -2.38. The first-order valence-electron chi connectivity index (χ1n) is 7.32. The highest BCUT2D eigenvalue weighted by Gasteiger charge is 2.29. The van der Waals surface area contributed by atoms with Crippen LogP contribution in [0, 0.1) is 5.92 Å². The van der Waals surface area contributed by atoms with Crippen molar-refractivity contribution >= 4 is 17.8 Å². The number of hydrogen-bond donors (Lipinski definition) is 3. The molecule has 120 valence electrons. The summed E-state index contributed by atoms with van der Waals surface area (Å²) in [5.74, 6) is -0.0489. The van der Waals surface area contributed by atoms with Crippen molar-refractivity contribution in [2.24, 2.45) is 5.92 Å². The molecule has 1 saturated heterocycles. The number of carbonyl (C=O) groups excluding carboxylic acids is 3. The molecule has 1 aromatic heterocycles. The predicted octanol–water partition coefficient (Wildman–Crippen LogP) is 0.144. The van der Waals surface area contributed by atoms with E-state index >= 15 is 0 Å². The third-order valence-electron chi connectivity index (χ3n) is 3.35. The molecule has 1 aliphatic rings. The van der Waals surface area contributed by atoms with Crippen LogP contribution in [0.25, 0.3) is 0 Å². The molecule has 0 spiro atoms. The van der Waals surface area contributed by atoms with Gasteiger partial charge in [0.1, 0.15) is 6.04 Å². The molecule has 2 rings (SSSR count). The number of urea groups is 1. The molecule has 0 saturated carbocycles. The minimum Gasteiger partial charge on any atom is -0.350 e. The molecule has 4 amide bonds. The molecule has 0 unspecified atom stereocenters. The number of imidazole rings is 1. The van der Waals surface area contributed by atoms with E-state index in [0.29, 0.717) is 12.5 Å². The van der Waals surface area contributed by atoms with Gasteiger partial charge in [-0.05, 0) is 12.3 Å². The summed E-state index contributed by atoms with van der Waals surface area (Å²) >= 11 is 0. The summed E-state index contributed by atoms with van der Waals surface area (Å²) < 4.78 is 2.01. The fourth-order valence-electron chi connectivity index (χ4n) is 2.27. The molecular formula is C14H21N5O3. The summed E-state index contributed by atoms with van der Waals surface area (Å²) in [5.41, 5.74) is 0.939. The first-order valence-corrected chi connectivity index (χ1v) is 7.32. The van der Waals surface area contributed by atoms with Crippen LogP contribution in [-0.4, -0.2) is 33.4 Å². The smallest absolute Gasteiger partial charge is 0.322 e. The lowest BCUT2D eigenvalue weighted by Gasteiger charge is -2.12. The van der Waals surface area contributed by atoms with E-state index in [-0.39, 0.29) is 24.7 Å². The molecule has 1 fully saturated rings. The zero-order chi connectivity index (χ0) is 16.1. The Morgan fingerprint density at radius 1 is 1.45 bits per heavy atom. The molecular weight excluding hydrogens is 286 g/mol. The minimum absolute atomic E-state index is 0.161. The normalized spacial score (nSPS) is 17.5. The Kier molecular flexibility index (Phi) is 5.13. The SMILES string of the molecule is CC(C)Cn1cncc1CNC(=O)CC[C@H]1NC(=O)NC1=O. The van der Waals surface area contributed by atoms with Crippen molar-refractivity contribution in [2.75, 3.05) is 0 Å². The molecule has 0 aromatic carbocycles. The second-order valence-electron chi connectivity index (χ2n) is 5.76. The molecule has 0 aliphatic carbocycles. The van der Waals surface area contributed by atoms with Gasteiger partial charge in [0.15, 0.2) is 0 Å². The van der Waals surface area contributed by atoms with Crippen LogP contribution in [0.15, 0.2) is 12.5 Å². The zero-order valence-corrected chi connectivity index (χ0v) is 12.8. The standard InChI is InChI=1S/C14H21N5O3/c1-9(2)7-19-8-15-5-10(19)6-16-12(20)4-3-11-13(21)18-14(22)17-11/h5,8-9,11H,3-4,6-7H2,1-2H3,(H,16,20)(H2,17,18,21,22)/t11-/m1/s1. The molecule has 0 bridgehead atoms. The van der Waals surface area contributed by atoms with E-state index in [1.165, 1.54) is 0 Å². The van der Waals surface area contributed by atoms with Crippen molar-refractivity contribution in [2.45, 2.75) is 45.8 Å². The van der Waals surface area contributed by atoms with Gasteiger partial charge in [-0.1, -0.05) is 13.8 Å². The van der Waals surface area contributed by atoms with Gasteiger partial charge in [-0.25, -0.2) is 9.78 Å². The molecule has 2 heterocycles. The Labute approximate surface area is 128 Å². The van der Waals surface area contributed by atoms with Gasteiger partial charge in [0, 0.05) is 19.2 Å². The molecule has 22 heavy (non-hydrogen) atoms. The van der Waals surface area contributed by atoms with Crippen LogP contribution in [0.3, 0.4) is 0 Å². The van der Waals surface area contributed by atoms with Crippen LogP contribution in [0.4, 0.5) is 4.79 Å². The van der Waals surface area contributed by atoms with Crippen LogP contribution in [0.1, 0.15) is 32.4 Å². The molecule has 3 N–H and O–H groups in total. The highest BCUT2D eigenvalue weighted by atomic mass is 16.2. The highest BCUT2D eigenvalue weighted by molar-refractivity contribution is 6.04. The third kappa shape index (κ3) is 4.31. The lowest BCUT2D eigenvalue weighted by molar-refractivity contribution is -0.122. The number of nitrogens with zero attached hydrogens (tertiary/aromatic N) is 2. The van der Waals surface area contributed by atoms with Gasteiger partial charge in [-0.15, -0.1) is 0 Å². The summed E-state index contributed by atoms with van der Waals surface area (Å²) in [4.78, 5) is 38.2. The van der Waals surface area contributed by atoms with Crippen LogP contribution in [0.2, 0.25) is 0 Å².